The van der Waals surface area contributed by atoms with Gasteiger partial charge in [-0.3, -0.25) is 4.79 Å². The molecule has 6 heteroatoms. The topological polar surface area (TPSA) is 38.3 Å². The first-order chi connectivity index (χ1) is 9.58. The molecule has 1 fully saturated rings. The summed E-state index contributed by atoms with van der Waals surface area (Å²) in [4.78, 5) is 11.8. The molecule has 0 saturated carbocycles. The Morgan fingerprint density at radius 2 is 2.05 bits per heavy atom. The van der Waals surface area contributed by atoms with E-state index in [2.05, 4.69) is 21.2 Å². The monoisotopic (exact) mass is 347 g/mol. The van der Waals surface area contributed by atoms with E-state index in [0.717, 1.165) is 32.0 Å². The molecule has 3 nitrogen and oxygen atoms in total. The minimum Gasteiger partial charge on any atom is -0.370 e. The van der Waals surface area contributed by atoms with Crippen molar-refractivity contribution in [2.75, 3.05) is 19.7 Å². The molecule has 0 aromatic heterocycles. The number of carbonyl (C=O) groups is 1. The molecule has 1 N–H and O–H groups in total. The number of piperidine rings is 1. The first kappa shape index (κ1) is 15.5. The number of carbonyl (C=O) groups excluding carboxylic acids is 1. The van der Waals surface area contributed by atoms with Gasteiger partial charge >= 0.3 is 0 Å². The van der Waals surface area contributed by atoms with E-state index < -0.39 is 11.6 Å². The summed E-state index contributed by atoms with van der Waals surface area (Å²) in [5, 5.41) is 3.19. The summed E-state index contributed by atoms with van der Waals surface area (Å²) in [5.74, 6) is -1.75. The van der Waals surface area contributed by atoms with E-state index in [9.17, 15) is 13.6 Å². The van der Waals surface area contributed by atoms with Gasteiger partial charge in [0.2, 0.25) is 0 Å². The lowest BCUT2D eigenvalue weighted by Crippen LogP contribution is -2.33. The molecule has 1 heterocycles. The highest BCUT2D eigenvalue weighted by molar-refractivity contribution is 9.10. The molecule has 0 spiro atoms. The molecule has 1 aliphatic heterocycles. The number of ketones is 1. The van der Waals surface area contributed by atoms with Gasteiger partial charge in [0.15, 0.2) is 5.78 Å². The fourth-order valence-electron chi connectivity index (χ4n) is 2.15. The Bertz CT molecular complexity index is 490. The predicted molar refractivity (Wildman–Crippen MR) is 74.6 cm³/mol. The maximum Gasteiger partial charge on any atom is 0.163 e. The van der Waals surface area contributed by atoms with Gasteiger partial charge in [0.05, 0.1) is 10.6 Å². The lowest BCUT2D eigenvalue weighted by Gasteiger charge is -2.22. The van der Waals surface area contributed by atoms with Crippen molar-refractivity contribution in [1.82, 2.24) is 5.32 Å². The molecular weight excluding hydrogens is 332 g/mol. The standard InChI is InChI=1S/C14H16BrF2NO2/c15-12-1-2-13(16)11(14(12)17)7-9(19)8-20-10-3-5-18-6-4-10/h1-2,10,18H,3-8H2. The normalized spacial score (nSPS) is 16.4. The third-order valence-electron chi connectivity index (χ3n) is 3.28. The quantitative estimate of drug-likeness (QED) is 0.832. The van der Waals surface area contributed by atoms with Gasteiger partial charge in [-0.15, -0.1) is 0 Å². The second-order valence-electron chi connectivity index (χ2n) is 4.80. The van der Waals surface area contributed by atoms with Gasteiger partial charge in [-0.25, -0.2) is 8.78 Å². The largest absolute Gasteiger partial charge is 0.370 e. The lowest BCUT2D eigenvalue weighted by atomic mass is 10.1. The Balaban J connectivity index is 1.89. The van der Waals surface area contributed by atoms with Crippen molar-refractivity contribution in [1.29, 1.82) is 0 Å². The summed E-state index contributed by atoms with van der Waals surface area (Å²) in [6, 6.07) is 2.42. The highest BCUT2D eigenvalue weighted by atomic mass is 79.9. The molecular formula is C14H16BrF2NO2. The third kappa shape index (κ3) is 4.07. The summed E-state index contributed by atoms with van der Waals surface area (Å²) in [5.41, 5.74) is -0.210. The second kappa shape index (κ2) is 7.24. The van der Waals surface area contributed by atoms with E-state index in [0.29, 0.717) is 0 Å². The molecule has 0 atom stereocenters. The number of benzene rings is 1. The van der Waals surface area contributed by atoms with Crippen LogP contribution in [-0.4, -0.2) is 31.6 Å². The molecule has 1 aromatic carbocycles. The number of hydrogen-bond acceptors (Lipinski definition) is 3. The molecule has 20 heavy (non-hydrogen) atoms. The molecule has 1 aromatic rings. The average molecular weight is 348 g/mol. The zero-order valence-corrected chi connectivity index (χ0v) is 12.5. The van der Waals surface area contributed by atoms with Crippen molar-refractivity contribution in [2.24, 2.45) is 0 Å². The Kier molecular flexibility index (Phi) is 5.63. The van der Waals surface area contributed by atoms with E-state index in [4.69, 9.17) is 4.74 Å². The predicted octanol–water partition coefficient (Wildman–Crippen LogP) is 2.61. The average Bonchev–Trinajstić information content (AvgIpc) is 2.46. The molecule has 0 bridgehead atoms. The number of hydrogen-bond donors (Lipinski definition) is 1. The van der Waals surface area contributed by atoms with Gasteiger partial charge in [0, 0.05) is 12.0 Å². The summed E-state index contributed by atoms with van der Waals surface area (Å²) in [7, 11) is 0. The Morgan fingerprint density at radius 3 is 2.75 bits per heavy atom. The van der Waals surface area contributed by atoms with E-state index in [1.54, 1.807) is 0 Å². The van der Waals surface area contributed by atoms with Crippen LogP contribution in [0.5, 0.6) is 0 Å². The number of rotatable bonds is 5. The van der Waals surface area contributed by atoms with Gasteiger partial charge in [-0.2, -0.15) is 0 Å². The fourth-order valence-corrected chi connectivity index (χ4v) is 2.52. The van der Waals surface area contributed by atoms with E-state index in [-0.39, 0.29) is 35.0 Å². The minimum atomic E-state index is -0.722. The van der Waals surface area contributed by atoms with Crippen LogP contribution in [0.1, 0.15) is 18.4 Å². The molecule has 0 radical (unpaired) electrons. The smallest absolute Gasteiger partial charge is 0.163 e. The van der Waals surface area contributed by atoms with Crippen molar-refractivity contribution < 1.29 is 18.3 Å². The summed E-state index contributed by atoms with van der Waals surface area (Å²) < 4.78 is 32.9. The SMILES string of the molecule is O=C(COC1CCNCC1)Cc1c(F)ccc(Br)c1F. The molecule has 0 amide bonds. The second-order valence-corrected chi connectivity index (χ2v) is 5.65. The van der Waals surface area contributed by atoms with Crippen LogP contribution in [0.3, 0.4) is 0 Å². The van der Waals surface area contributed by atoms with E-state index >= 15 is 0 Å². The van der Waals surface area contributed by atoms with Crippen molar-refractivity contribution in [3.05, 3.63) is 33.8 Å². The minimum absolute atomic E-state index is 0.0532. The summed E-state index contributed by atoms with van der Waals surface area (Å²) in [6.07, 6.45) is 1.47. The maximum absolute atomic E-state index is 13.7. The number of halogens is 3. The first-order valence-electron chi connectivity index (χ1n) is 6.54. The van der Waals surface area contributed by atoms with Crippen LogP contribution >= 0.6 is 15.9 Å². The zero-order valence-electron chi connectivity index (χ0n) is 10.9. The summed E-state index contributed by atoms with van der Waals surface area (Å²) >= 11 is 2.98. The number of ether oxygens (including phenoxy) is 1. The van der Waals surface area contributed by atoms with E-state index in [1.165, 1.54) is 6.07 Å². The Labute approximate surface area is 124 Å². The molecule has 0 aliphatic carbocycles. The number of nitrogens with one attached hydrogen (secondary N) is 1. The fraction of sp³-hybridized carbons (Fsp3) is 0.500. The van der Waals surface area contributed by atoms with Gasteiger partial charge in [-0.1, -0.05) is 0 Å². The van der Waals surface area contributed by atoms with Gasteiger partial charge < -0.3 is 10.1 Å². The van der Waals surface area contributed by atoms with Gasteiger partial charge in [0.25, 0.3) is 0 Å². The summed E-state index contributed by atoms with van der Waals surface area (Å²) in [6.45, 7) is 1.64. The van der Waals surface area contributed by atoms with Crippen molar-refractivity contribution in [3.8, 4) is 0 Å². The van der Waals surface area contributed by atoms with Crippen LogP contribution in [0, 0.1) is 11.6 Å². The molecule has 2 rings (SSSR count). The van der Waals surface area contributed by atoms with Crippen LogP contribution in [-0.2, 0) is 16.0 Å². The molecule has 110 valence electrons. The van der Waals surface area contributed by atoms with Crippen LogP contribution in [0.25, 0.3) is 0 Å². The van der Waals surface area contributed by atoms with Gasteiger partial charge in [-0.05, 0) is 54.0 Å². The molecule has 0 unspecified atom stereocenters. The van der Waals surface area contributed by atoms with Crippen LogP contribution in [0.2, 0.25) is 0 Å². The van der Waals surface area contributed by atoms with Crippen LogP contribution in [0.15, 0.2) is 16.6 Å². The van der Waals surface area contributed by atoms with Gasteiger partial charge in [0.1, 0.15) is 18.2 Å². The van der Waals surface area contributed by atoms with Crippen LogP contribution in [0.4, 0.5) is 8.78 Å². The van der Waals surface area contributed by atoms with Crippen molar-refractivity contribution in [2.45, 2.75) is 25.4 Å². The Morgan fingerprint density at radius 1 is 1.35 bits per heavy atom. The third-order valence-corrected chi connectivity index (χ3v) is 3.89. The molecule has 1 aliphatic rings. The zero-order chi connectivity index (χ0) is 14.5. The van der Waals surface area contributed by atoms with E-state index in [1.807, 2.05) is 0 Å². The van der Waals surface area contributed by atoms with Crippen molar-refractivity contribution in [3.63, 3.8) is 0 Å². The highest BCUT2D eigenvalue weighted by Crippen LogP contribution is 2.22. The van der Waals surface area contributed by atoms with Crippen molar-refractivity contribution >= 4 is 21.7 Å². The maximum atomic E-state index is 13.7. The lowest BCUT2D eigenvalue weighted by molar-refractivity contribution is -0.125. The highest BCUT2D eigenvalue weighted by Gasteiger charge is 2.18. The Hall–Kier alpha value is -0.850. The molecule has 1 saturated heterocycles. The number of Topliss-reactive ketones (excluding diaryl/α,β-unsaturated/α-hetero) is 1. The van der Waals surface area contributed by atoms with Crippen LogP contribution < -0.4 is 5.32 Å². The first-order valence-corrected chi connectivity index (χ1v) is 7.33.